The number of esters is 1. The maximum Gasteiger partial charge on any atom is 0.341 e. The molecule has 0 saturated heterocycles. The van der Waals surface area contributed by atoms with Crippen LogP contribution in [0, 0.1) is 12.8 Å². The van der Waals surface area contributed by atoms with Gasteiger partial charge in [-0.15, -0.1) is 11.3 Å². The highest BCUT2D eigenvalue weighted by atomic mass is 32.1. The van der Waals surface area contributed by atoms with Crippen molar-refractivity contribution in [3.05, 3.63) is 80.5 Å². The zero-order valence-electron chi connectivity index (χ0n) is 22.0. The van der Waals surface area contributed by atoms with Crippen molar-refractivity contribution < 1.29 is 28.2 Å². The summed E-state index contributed by atoms with van der Waals surface area (Å²) in [4.78, 5) is 39.5. The van der Waals surface area contributed by atoms with Gasteiger partial charge in [0.05, 0.1) is 17.6 Å². The topological polar surface area (TPSA) is 104 Å². The van der Waals surface area contributed by atoms with E-state index in [1.807, 2.05) is 25.1 Å². The van der Waals surface area contributed by atoms with Crippen molar-refractivity contribution >= 4 is 39.2 Å². The number of nitrogens with one attached hydrogen (secondary N) is 1. The number of amides is 1. The maximum atomic E-state index is 12.9. The number of rotatable bonds is 8. The third kappa shape index (κ3) is 5.83. The molecule has 9 heteroatoms. The lowest BCUT2D eigenvalue weighted by Crippen LogP contribution is -2.21. The zero-order valence-corrected chi connectivity index (χ0v) is 22.8. The van der Waals surface area contributed by atoms with Gasteiger partial charge in [0, 0.05) is 10.9 Å². The largest absolute Gasteiger partial charge is 0.484 e. The number of ether oxygens (including phenoxy) is 3. The summed E-state index contributed by atoms with van der Waals surface area (Å²) in [5.41, 5.74) is 2.42. The highest BCUT2D eigenvalue weighted by Crippen LogP contribution is 2.40. The molecule has 8 nitrogen and oxygen atoms in total. The molecule has 0 aliphatic heterocycles. The molecule has 0 saturated carbocycles. The van der Waals surface area contributed by atoms with Gasteiger partial charge in [0.2, 0.25) is 11.2 Å². The van der Waals surface area contributed by atoms with Crippen LogP contribution in [0.4, 0.5) is 5.00 Å². The van der Waals surface area contributed by atoms with Gasteiger partial charge in [0.25, 0.3) is 5.91 Å². The molecule has 0 fully saturated rings. The standard InChI is InChI=1S/C30H29NO7S/c1-4-35-30(34)27-22-10-8-18(3)13-25(22)39-29(27)31-26(32)16-36-19-9-11-21-23(14-19)37-15-24(28(21)33)38-20-7-5-6-17(2)12-20/h5-7,9,11-12,14-15,18H,4,8,10,13,16H2,1-3H3,(H,31,32). The number of hydrogen-bond acceptors (Lipinski definition) is 8. The first-order valence-corrected chi connectivity index (χ1v) is 13.7. The van der Waals surface area contributed by atoms with Crippen LogP contribution >= 0.6 is 11.3 Å². The van der Waals surface area contributed by atoms with Crippen LogP contribution in [0.3, 0.4) is 0 Å². The van der Waals surface area contributed by atoms with Crippen LogP contribution in [0.15, 0.2) is 57.9 Å². The van der Waals surface area contributed by atoms with Crippen LogP contribution in [0.25, 0.3) is 11.0 Å². The summed E-state index contributed by atoms with van der Waals surface area (Å²) < 4.78 is 22.3. The molecule has 2 aromatic heterocycles. The Morgan fingerprint density at radius 2 is 2.00 bits per heavy atom. The van der Waals surface area contributed by atoms with E-state index in [4.69, 9.17) is 18.6 Å². The van der Waals surface area contributed by atoms with E-state index in [2.05, 4.69) is 12.2 Å². The number of hydrogen-bond donors (Lipinski definition) is 1. The summed E-state index contributed by atoms with van der Waals surface area (Å²) in [5.74, 6) is 0.674. The van der Waals surface area contributed by atoms with Crippen molar-refractivity contribution in [1.29, 1.82) is 0 Å². The van der Waals surface area contributed by atoms with Crippen molar-refractivity contribution in [2.45, 2.75) is 40.0 Å². The summed E-state index contributed by atoms with van der Waals surface area (Å²) in [6, 6.07) is 12.1. The first-order valence-electron chi connectivity index (χ1n) is 12.9. The van der Waals surface area contributed by atoms with Gasteiger partial charge >= 0.3 is 5.97 Å². The second-order valence-corrected chi connectivity index (χ2v) is 10.7. The minimum atomic E-state index is -0.420. The van der Waals surface area contributed by atoms with E-state index in [1.54, 1.807) is 31.2 Å². The molecule has 1 aliphatic carbocycles. The number of carbonyl (C=O) groups is 2. The average molecular weight is 548 g/mol. The molecule has 0 spiro atoms. The van der Waals surface area contributed by atoms with Crippen LogP contribution in [-0.4, -0.2) is 25.1 Å². The van der Waals surface area contributed by atoms with Gasteiger partial charge in [-0.2, -0.15) is 0 Å². The van der Waals surface area contributed by atoms with Crippen LogP contribution < -0.4 is 20.2 Å². The van der Waals surface area contributed by atoms with E-state index in [1.165, 1.54) is 17.6 Å². The second kappa shape index (κ2) is 11.3. The first kappa shape index (κ1) is 26.5. The van der Waals surface area contributed by atoms with E-state index in [9.17, 15) is 14.4 Å². The SMILES string of the molecule is CCOC(=O)c1c(NC(=O)COc2ccc3c(=O)c(Oc4cccc(C)c4)coc3c2)sc2c1CCC(C)C2. The fraction of sp³-hybridized carbons (Fsp3) is 0.300. The van der Waals surface area contributed by atoms with Crippen molar-refractivity contribution in [3.8, 4) is 17.2 Å². The molecule has 0 radical (unpaired) electrons. The molecular weight excluding hydrogens is 518 g/mol. The lowest BCUT2D eigenvalue weighted by Gasteiger charge is -2.18. The summed E-state index contributed by atoms with van der Waals surface area (Å²) in [6.45, 7) is 5.85. The lowest BCUT2D eigenvalue weighted by atomic mass is 9.88. The van der Waals surface area contributed by atoms with E-state index in [-0.39, 0.29) is 24.4 Å². The van der Waals surface area contributed by atoms with Gasteiger partial charge in [0.15, 0.2) is 6.61 Å². The predicted octanol–water partition coefficient (Wildman–Crippen LogP) is 6.27. The molecule has 2 aromatic carbocycles. The monoisotopic (exact) mass is 547 g/mol. The summed E-state index contributed by atoms with van der Waals surface area (Å²) in [5, 5.41) is 3.66. The first-order chi connectivity index (χ1) is 18.8. The summed E-state index contributed by atoms with van der Waals surface area (Å²) in [7, 11) is 0. The van der Waals surface area contributed by atoms with Crippen LogP contribution in [0.5, 0.6) is 17.2 Å². The van der Waals surface area contributed by atoms with Gasteiger partial charge in [-0.3, -0.25) is 9.59 Å². The quantitative estimate of drug-likeness (QED) is 0.259. The van der Waals surface area contributed by atoms with E-state index >= 15 is 0 Å². The number of carbonyl (C=O) groups excluding carboxylic acids is 2. The molecule has 39 heavy (non-hydrogen) atoms. The van der Waals surface area contributed by atoms with Crippen LogP contribution in [-0.2, 0) is 22.4 Å². The molecular formula is C30H29NO7S. The Morgan fingerprint density at radius 1 is 1.15 bits per heavy atom. The summed E-state index contributed by atoms with van der Waals surface area (Å²) in [6.07, 6.45) is 3.91. The Morgan fingerprint density at radius 3 is 2.79 bits per heavy atom. The van der Waals surface area contributed by atoms with Crippen LogP contribution in [0.1, 0.15) is 46.6 Å². The molecule has 202 valence electrons. The number of anilines is 1. The number of aryl methyl sites for hydroxylation is 1. The number of thiophene rings is 1. The average Bonchev–Trinajstić information content (AvgIpc) is 3.26. The number of fused-ring (bicyclic) bond motifs is 2. The van der Waals surface area contributed by atoms with Gasteiger partial charge in [-0.25, -0.2) is 4.79 Å². The molecule has 1 N–H and O–H groups in total. The Balaban J connectivity index is 1.28. The van der Waals surface area contributed by atoms with E-state index in [0.717, 1.165) is 35.3 Å². The van der Waals surface area contributed by atoms with Crippen molar-refractivity contribution in [2.24, 2.45) is 5.92 Å². The molecule has 1 atom stereocenters. The van der Waals surface area contributed by atoms with Crippen molar-refractivity contribution in [1.82, 2.24) is 0 Å². The third-order valence-corrected chi connectivity index (χ3v) is 7.72. The van der Waals surface area contributed by atoms with Gasteiger partial charge < -0.3 is 23.9 Å². The predicted molar refractivity (Wildman–Crippen MR) is 149 cm³/mol. The molecule has 5 rings (SSSR count). The van der Waals surface area contributed by atoms with Crippen molar-refractivity contribution in [2.75, 3.05) is 18.5 Å². The lowest BCUT2D eigenvalue weighted by molar-refractivity contribution is -0.118. The molecule has 1 aliphatic rings. The number of benzene rings is 2. The maximum absolute atomic E-state index is 12.9. The smallest absolute Gasteiger partial charge is 0.341 e. The highest BCUT2D eigenvalue weighted by Gasteiger charge is 2.29. The fourth-order valence-electron chi connectivity index (χ4n) is 4.63. The summed E-state index contributed by atoms with van der Waals surface area (Å²) >= 11 is 1.43. The van der Waals surface area contributed by atoms with E-state index in [0.29, 0.717) is 39.0 Å². The molecule has 1 unspecified atom stereocenters. The molecule has 4 aromatic rings. The molecule has 0 bridgehead atoms. The Hall–Kier alpha value is -4.11. The minimum absolute atomic E-state index is 0.0755. The Kier molecular flexibility index (Phi) is 7.70. The van der Waals surface area contributed by atoms with Gasteiger partial charge in [-0.05, 0) is 74.4 Å². The zero-order chi connectivity index (χ0) is 27.5. The minimum Gasteiger partial charge on any atom is -0.484 e. The van der Waals surface area contributed by atoms with Crippen molar-refractivity contribution in [3.63, 3.8) is 0 Å². The van der Waals surface area contributed by atoms with Gasteiger partial charge in [-0.1, -0.05) is 19.1 Å². The normalized spacial score (nSPS) is 14.5. The van der Waals surface area contributed by atoms with Crippen LogP contribution in [0.2, 0.25) is 0 Å². The van der Waals surface area contributed by atoms with Gasteiger partial charge in [0.1, 0.15) is 28.3 Å². The highest BCUT2D eigenvalue weighted by molar-refractivity contribution is 7.17. The fourth-order valence-corrected chi connectivity index (χ4v) is 6.04. The molecule has 1 amide bonds. The van der Waals surface area contributed by atoms with E-state index < -0.39 is 11.9 Å². The third-order valence-electron chi connectivity index (χ3n) is 6.55. The Bertz CT molecular complexity index is 1600. The molecule has 2 heterocycles. The Labute approximate surface area is 229 Å². The second-order valence-electron chi connectivity index (χ2n) is 9.62.